The molecule has 0 spiro atoms. The molecule has 1 rings (SSSR count). The van der Waals surface area contributed by atoms with Gasteiger partial charge < -0.3 is 9.88 Å². The first kappa shape index (κ1) is 8.77. The average Bonchev–Trinajstić information content (AvgIpc) is 2.52. The summed E-state index contributed by atoms with van der Waals surface area (Å²) in [5, 5.41) is 2.62. The van der Waals surface area contributed by atoms with Crippen molar-refractivity contribution in [3.63, 3.8) is 0 Å². The largest absolute Gasteiger partial charge is 0.358 e. The van der Waals surface area contributed by atoms with E-state index >= 15 is 0 Å². The number of imidazole rings is 1. The number of rotatable bonds is 5. The maximum absolute atomic E-state index is 9.95. The van der Waals surface area contributed by atoms with E-state index in [1.807, 2.05) is 6.20 Å². The van der Waals surface area contributed by atoms with Gasteiger partial charge >= 0.3 is 0 Å². The van der Waals surface area contributed by atoms with Crippen LogP contribution in [0.1, 0.15) is 12.6 Å². The highest BCUT2D eigenvalue weighted by atomic mass is 16.1. The molecule has 66 valence electrons. The van der Waals surface area contributed by atoms with E-state index in [4.69, 9.17) is 0 Å². The third-order valence-electron chi connectivity index (χ3n) is 1.75. The van der Waals surface area contributed by atoms with Crippen molar-refractivity contribution in [1.29, 1.82) is 0 Å². The first-order chi connectivity index (χ1) is 5.88. The third-order valence-corrected chi connectivity index (χ3v) is 1.75. The summed E-state index contributed by atoms with van der Waals surface area (Å²) in [6, 6.07) is 0. The molecule has 0 atom stereocenters. The number of aromatic nitrogens is 2. The van der Waals surface area contributed by atoms with Gasteiger partial charge in [-0.25, -0.2) is 4.98 Å². The molecule has 4 heteroatoms. The van der Waals surface area contributed by atoms with E-state index in [-0.39, 0.29) is 0 Å². The molecule has 1 N–H and O–H groups in total. The van der Waals surface area contributed by atoms with E-state index in [1.165, 1.54) is 0 Å². The minimum Gasteiger partial charge on any atom is -0.358 e. The Balaban J connectivity index is 2.44. The molecule has 1 heterocycles. The zero-order chi connectivity index (χ0) is 8.81. The number of nitrogens with zero attached hydrogens (tertiary/aromatic N) is 2. The minimum atomic E-state index is 0.676. The molecule has 0 aliphatic rings. The highest BCUT2D eigenvalue weighted by Gasteiger charge is 1.98. The molecule has 4 nitrogen and oxygen atoms in total. The predicted molar refractivity (Wildman–Crippen MR) is 45.7 cm³/mol. The lowest BCUT2D eigenvalue weighted by atomic mass is 10.3. The number of amides is 1. The van der Waals surface area contributed by atoms with E-state index in [0.29, 0.717) is 13.0 Å². The van der Waals surface area contributed by atoms with Crippen LogP contribution in [-0.4, -0.2) is 22.5 Å². The Hall–Kier alpha value is -1.32. The molecule has 0 aliphatic heterocycles. The summed E-state index contributed by atoms with van der Waals surface area (Å²) in [6.07, 6.45) is 5.19. The van der Waals surface area contributed by atoms with Crippen molar-refractivity contribution < 1.29 is 4.79 Å². The lowest BCUT2D eigenvalue weighted by Crippen LogP contribution is -2.15. The van der Waals surface area contributed by atoms with E-state index in [0.717, 1.165) is 18.7 Å². The summed E-state index contributed by atoms with van der Waals surface area (Å²) in [7, 11) is 0. The third kappa shape index (κ3) is 2.08. The average molecular weight is 167 g/mol. The number of carbonyl (C=O) groups is 1. The van der Waals surface area contributed by atoms with Crippen LogP contribution >= 0.6 is 0 Å². The van der Waals surface area contributed by atoms with Gasteiger partial charge in [0.05, 0.1) is 6.33 Å². The Morgan fingerprint density at radius 1 is 1.75 bits per heavy atom. The van der Waals surface area contributed by atoms with Gasteiger partial charge in [-0.2, -0.15) is 0 Å². The van der Waals surface area contributed by atoms with Crippen LogP contribution in [0.15, 0.2) is 12.5 Å². The summed E-state index contributed by atoms with van der Waals surface area (Å²) in [4.78, 5) is 14.0. The summed E-state index contributed by atoms with van der Waals surface area (Å²) in [6.45, 7) is 3.67. The maximum Gasteiger partial charge on any atom is 0.207 e. The molecule has 12 heavy (non-hydrogen) atoms. The Morgan fingerprint density at radius 3 is 3.25 bits per heavy atom. The van der Waals surface area contributed by atoms with Crippen molar-refractivity contribution in [1.82, 2.24) is 14.9 Å². The molecular weight excluding hydrogens is 154 g/mol. The molecule has 0 saturated carbocycles. The fraction of sp³-hybridized carbons (Fsp3) is 0.500. The molecule has 0 aromatic carbocycles. The topological polar surface area (TPSA) is 46.9 Å². The smallest absolute Gasteiger partial charge is 0.207 e. The van der Waals surface area contributed by atoms with Crippen molar-refractivity contribution in [3.05, 3.63) is 18.2 Å². The van der Waals surface area contributed by atoms with Crippen molar-refractivity contribution in [2.24, 2.45) is 0 Å². The van der Waals surface area contributed by atoms with Crippen molar-refractivity contribution in [2.75, 3.05) is 6.54 Å². The van der Waals surface area contributed by atoms with Gasteiger partial charge in [0.15, 0.2) is 0 Å². The second kappa shape index (κ2) is 4.54. The summed E-state index contributed by atoms with van der Waals surface area (Å²) < 4.78 is 2.06. The summed E-state index contributed by atoms with van der Waals surface area (Å²) >= 11 is 0. The van der Waals surface area contributed by atoms with Crippen molar-refractivity contribution in [3.8, 4) is 0 Å². The second-order valence-corrected chi connectivity index (χ2v) is 2.49. The SMILES string of the molecule is CCn1cncc1CCNC=O. The molecule has 0 fully saturated rings. The van der Waals surface area contributed by atoms with Crippen LogP contribution in [0.3, 0.4) is 0 Å². The fourth-order valence-electron chi connectivity index (χ4n) is 1.10. The molecule has 0 unspecified atom stereocenters. The van der Waals surface area contributed by atoms with E-state index in [2.05, 4.69) is 21.8 Å². The Kier molecular flexibility index (Phi) is 3.32. The molecule has 0 aliphatic carbocycles. The van der Waals surface area contributed by atoms with Gasteiger partial charge in [-0.05, 0) is 6.92 Å². The molecule has 0 bridgehead atoms. The first-order valence-corrected chi connectivity index (χ1v) is 4.04. The van der Waals surface area contributed by atoms with Gasteiger partial charge in [0.25, 0.3) is 0 Å². The number of carbonyl (C=O) groups excluding carboxylic acids is 1. The Morgan fingerprint density at radius 2 is 2.58 bits per heavy atom. The van der Waals surface area contributed by atoms with Gasteiger partial charge in [0.1, 0.15) is 0 Å². The lowest BCUT2D eigenvalue weighted by Gasteiger charge is -2.03. The standard InChI is InChI=1S/C8H13N3O/c1-2-11-6-10-5-8(11)3-4-9-7-12/h5-7H,2-4H2,1H3,(H,9,12). The van der Waals surface area contributed by atoms with Gasteiger partial charge in [0, 0.05) is 31.4 Å². The van der Waals surface area contributed by atoms with Crippen LogP contribution < -0.4 is 5.32 Å². The zero-order valence-corrected chi connectivity index (χ0v) is 7.16. The van der Waals surface area contributed by atoms with Gasteiger partial charge in [-0.3, -0.25) is 4.79 Å². The van der Waals surface area contributed by atoms with Gasteiger partial charge in [-0.1, -0.05) is 0 Å². The molecule has 0 radical (unpaired) electrons. The van der Waals surface area contributed by atoms with Crippen LogP contribution in [0.4, 0.5) is 0 Å². The molecule has 1 amide bonds. The highest BCUT2D eigenvalue weighted by molar-refractivity contribution is 5.45. The molecule has 1 aromatic heterocycles. The van der Waals surface area contributed by atoms with Gasteiger partial charge in [0.2, 0.25) is 6.41 Å². The Bertz CT molecular complexity index is 244. The van der Waals surface area contributed by atoms with E-state index in [1.54, 1.807) is 6.33 Å². The summed E-state index contributed by atoms with van der Waals surface area (Å²) in [5.41, 5.74) is 1.16. The van der Waals surface area contributed by atoms with E-state index < -0.39 is 0 Å². The summed E-state index contributed by atoms with van der Waals surface area (Å²) in [5.74, 6) is 0. The maximum atomic E-state index is 9.95. The second-order valence-electron chi connectivity index (χ2n) is 2.49. The van der Waals surface area contributed by atoms with Crippen LogP contribution in [0.2, 0.25) is 0 Å². The number of hydrogen-bond acceptors (Lipinski definition) is 2. The number of aryl methyl sites for hydroxylation is 1. The fourth-order valence-corrected chi connectivity index (χ4v) is 1.10. The van der Waals surface area contributed by atoms with Gasteiger partial charge in [-0.15, -0.1) is 0 Å². The number of hydrogen-bond donors (Lipinski definition) is 1. The van der Waals surface area contributed by atoms with Crippen molar-refractivity contribution >= 4 is 6.41 Å². The zero-order valence-electron chi connectivity index (χ0n) is 7.16. The van der Waals surface area contributed by atoms with Crippen LogP contribution in [0, 0.1) is 0 Å². The minimum absolute atomic E-state index is 0.676. The van der Waals surface area contributed by atoms with Crippen molar-refractivity contribution in [2.45, 2.75) is 19.9 Å². The molecule has 0 saturated heterocycles. The monoisotopic (exact) mass is 167 g/mol. The van der Waals surface area contributed by atoms with Crippen LogP contribution in [-0.2, 0) is 17.8 Å². The van der Waals surface area contributed by atoms with E-state index in [9.17, 15) is 4.79 Å². The predicted octanol–water partition coefficient (Wildman–Crippen LogP) is 0.191. The molecular formula is C8H13N3O. The normalized spacial score (nSPS) is 9.75. The molecule has 1 aromatic rings. The van der Waals surface area contributed by atoms with Crippen LogP contribution in [0.25, 0.3) is 0 Å². The quantitative estimate of drug-likeness (QED) is 0.502. The highest BCUT2D eigenvalue weighted by Crippen LogP contribution is 1.98. The number of nitrogens with one attached hydrogen (secondary N) is 1. The first-order valence-electron chi connectivity index (χ1n) is 4.04. The van der Waals surface area contributed by atoms with Crippen LogP contribution in [0.5, 0.6) is 0 Å². The Labute approximate surface area is 71.6 Å². The lowest BCUT2D eigenvalue weighted by molar-refractivity contribution is -0.109.